The first-order valence-electron chi connectivity index (χ1n) is 8.10. The van der Waals surface area contributed by atoms with Gasteiger partial charge in [0.2, 0.25) is 0 Å². The second kappa shape index (κ2) is 7.21. The van der Waals surface area contributed by atoms with Crippen LogP contribution >= 0.6 is 0 Å². The molecule has 0 unspecified atom stereocenters. The molecule has 0 atom stereocenters. The maximum absolute atomic E-state index is 13.7. The summed E-state index contributed by atoms with van der Waals surface area (Å²) < 4.78 is 13.7. The zero-order valence-corrected chi connectivity index (χ0v) is 12.8. The van der Waals surface area contributed by atoms with Crippen LogP contribution in [0.1, 0.15) is 63.0 Å². The number of rotatable bonds is 6. The van der Waals surface area contributed by atoms with Gasteiger partial charge >= 0.3 is 0 Å². The molecular weight excluding hydrogens is 249 g/mol. The smallest absolute Gasteiger partial charge is 0.126 e. The fraction of sp³-hybridized carbons (Fsp3) is 0.667. The van der Waals surface area contributed by atoms with Crippen LogP contribution in [0.25, 0.3) is 0 Å². The Morgan fingerprint density at radius 1 is 1.15 bits per heavy atom. The highest BCUT2D eigenvalue weighted by molar-refractivity contribution is 5.25. The molecule has 0 aliphatic heterocycles. The van der Waals surface area contributed by atoms with Crippen molar-refractivity contribution >= 4 is 0 Å². The van der Waals surface area contributed by atoms with Crippen LogP contribution in [0.3, 0.4) is 0 Å². The number of hydrogen-bond donors (Lipinski definition) is 1. The molecule has 1 nitrogen and oxygen atoms in total. The first-order valence-corrected chi connectivity index (χ1v) is 8.10. The Hall–Kier alpha value is -0.890. The molecule has 0 saturated heterocycles. The second-order valence-corrected chi connectivity index (χ2v) is 6.69. The van der Waals surface area contributed by atoms with Gasteiger partial charge in [-0.3, -0.25) is 0 Å². The van der Waals surface area contributed by atoms with E-state index in [-0.39, 0.29) is 5.82 Å². The van der Waals surface area contributed by atoms with Crippen molar-refractivity contribution in [3.63, 3.8) is 0 Å². The summed E-state index contributed by atoms with van der Waals surface area (Å²) in [6, 6.07) is 5.63. The first-order chi connectivity index (χ1) is 9.63. The van der Waals surface area contributed by atoms with Crippen LogP contribution in [0, 0.1) is 11.2 Å². The first kappa shape index (κ1) is 15.5. The lowest BCUT2D eigenvalue weighted by Gasteiger charge is -2.33. The summed E-state index contributed by atoms with van der Waals surface area (Å²) in [6.07, 6.45) is 10.8. The number of benzene rings is 1. The molecule has 0 spiro atoms. The zero-order chi connectivity index (χ0) is 14.4. The van der Waals surface area contributed by atoms with E-state index in [2.05, 4.69) is 13.0 Å². The van der Waals surface area contributed by atoms with Gasteiger partial charge in [0.25, 0.3) is 0 Å². The van der Waals surface area contributed by atoms with E-state index >= 15 is 0 Å². The lowest BCUT2D eigenvalue weighted by Crippen LogP contribution is -2.20. The largest absolute Gasteiger partial charge is 0.330 e. The van der Waals surface area contributed by atoms with Crippen molar-refractivity contribution in [2.75, 3.05) is 6.54 Å². The van der Waals surface area contributed by atoms with Crippen LogP contribution < -0.4 is 5.73 Å². The van der Waals surface area contributed by atoms with E-state index in [4.69, 9.17) is 5.73 Å². The minimum absolute atomic E-state index is 0.0777. The quantitative estimate of drug-likeness (QED) is 0.806. The van der Waals surface area contributed by atoms with E-state index in [0.717, 1.165) is 24.8 Å². The summed E-state index contributed by atoms with van der Waals surface area (Å²) >= 11 is 0. The van der Waals surface area contributed by atoms with E-state index in [1.54, 1.807) is 6.07 Å². The van der Waals surface area contributed by atoms with Crippen molar-refractivity contribution in [2.24, 2.45) is 11.1 Å². The van der Waals surface area contributed by atoms with Crippen LogP contribution in [-0.2, 0) is 12.8 Å². The molecule has 2 rings (SSSR count). The molecule has 2 heteroatoms. The van der Waals surface area contributed by atoms with Gasteiger partial charge in [0.1, 0.15) is 5.82 Å². The minimum atomic E-state index is -0.0777. The molecule has 1 aromatic carbocycles. The molecule has 112 valence electrons. The highest BCUT2D eigenvalue weighted by Crippen LogP contribution is 2.39. The Labute approximate surface area is 122 Å². The molecule has 0 heterocycles. The van der Waals surface area contributed by atoms with Crippen LogP contribution in [0.15, 0.2) is 18.2 Å². The van der Waals surface area contributed by atoms with Gasteiger partial charge in [-0.15, -0.1) is 0 Å². The van der Waals surface area contributed by atoms with Crippen molar-refractivity contribution in [1.29, 1.82) is 0 Å². The van der Waals surface area contributed by atoms with Gasteiger partial charge < -0.3 is 5.73 Å². The third-order valence-electron chi connectivity index (χ3n) is 4.84. The van der Waals surface area contributed by atoms with Gasteiger partial charge in [0, 0.05) is 0 Å². The molecule has 1 aliphatic carbocycles. The fourth-order valence-electron chi connectivity index (χ4n) is 3.37. The lowest BCUT2D eigenvalue weighted by molar-refractivity contribution is 0.199. The van der Waals surface area contributed by atoms with Gasteiger partial charge in [-0.2, -0.15) is 0 Å². The summed E-state index contributed by atoms with van der Waals surface area (Å²) in [6.45, 7) is 3.05. The second-order valence-electron chi connectivity index (χ2n) is 6.69. The summed E-state index contributed by atoms with van der Waals surface area (Å²) in [5, 5.41) is 0. The van der Waals surface area contributed by atoms with Gasteiger partial charge in [-0.25, -0.2) is 4.39 Å². The van der Waals surface area contributed by atoms with Gasteiger partial charge in [-0.05, 0) is 67.7 Å². The molecule has 1 saturated carbocycles. The van der Waals surface area contributed by atoms with Crippen molar-refractivity contribution < 1.29 is 4.39 Å². The van der Waals surface area contributed by atoms with E-state index in [1.807, 2.05) is 6.07 Å². The van der Waals surface area contributed by atoms with Crippen molar-refractivity contribution in [2.45, 2.75) is 64.7 Å². The van der Waals surface area contributed by atoms with E-state index < -0.39 is 0 Å². The average Bonchev–Trinajstić information content (AvgIpc) is 2.46. The van der Waals surface area contributed by atoms with Crippen LogP contribution in [0.5, 0.6) is 0 Å². The van der Waals surface area contributed by atoms with E-state index in [1.165, 1.54) is 44.1 Å². The van der Waals surface area contributed by atoms with Gasteiger partial charge in [-0.1, -0.05) is 38.3 Å². The van der Waals surface area contributed by atoms with Crippen molar-refractivity contribution in [3.05, 3.63) is 35.1 Å². The van der Waals surface area contributed by atoms with Crippen LogP contribution in [-0.4, -0.2) is 6.54 Å². The summed E-state index contributed by atoms with van der Waals surface area (Å²) in [5.41, 5.74) is 8.14. The normalized spacial score (nSPS) is 18.1. The Balaban J connectivity index is 1.95. The molecule has 1 aromatic rings. The molecule has 2 N–H and O–H groups in total. The predicted octanol–water partition coefficient (Wildman–Crippen LogP) is 4.62. The third kappa shape index (κ3) is 4.31. The Morgan fingerprint density at radius 3 is 2.60 bits per heavy atom. The molecule has 0 bridgehead atoms. The molecule has 0 radical (unpaired) electrons. The highest BCUT2D eigenvalue weighted by atomic mass is 19.1. The third-order valence-corrected chi connectivity index (χ3v) is 4.84. The number of hydrogen-bond acceptors (Lipinski definition) is 1. The molecule has 1 fully saturated rings. The van der Waals surface area contributed by atoms with E-state index in [0.29, 0.717) is 12.0 Å². The average molecular weight is 277 g/mol. The molecule has 1 aliphatic rings. The lowest BCUT2D eigenvalue weighted by atomic mass is 9.72. The SMILES string of the molecule is CC1(CCc2ccc(F)c(CCCN)c2)CCCCC1. The van der Waals surface area contributed by atoms with Gasteiger partial charge in [0.15, 0.2) is 0 Å². The summed E-state index contributed by atoms with van der Waals surface area (Å²) in [4.78, 5) is 0. The Bertz CT molecular complexity index is 421. The Morgan fingerprint density at radius 2 is 1.90 bits per heavy atom. The maximum atomic E-state index is 13.7. The van der Waals surface area contributed by atoms with E-state index in [9.17, 15) is 4.39 Å². The van der Waals surface area contributed by atoms with Crippen LogP contribution in [0.4, 0.5) is 4.39 Å². The fourth-order valence-corrected chi connectivity index (χ4v) is 3.37. The van der Waals surface area contributed by atoms with Crippen molar-refractivity contribution in [3.8, 4) is 0 Å². The number of nitrogens with two attached hydrogens (primary N) is 1. The maximum Gasteiger partial charge on any atom is 0.126 e. The number of halogens is 1. The Kier molecular flexibility index (Phi) is 5.59. The topological polar surface area (TPSA) is 26.0 Å². The van der Waals surface area contributed by atoms with Crippen LogP contribution in [0.2, 0.25) is 0 Å². The molecule has 0 amide bonds. The summed E-state index contributed by atoms with van der Waals surface area (Å²) in [5.74, 6) is -0.0777. The summed E-state index contributed by atoms with van der Waals surface area (Å²) in [7, 11) is 0. The number of aryl methyl sites for hydroxylation is 2. The van der Waals surface area contributed by atoms with Crippen molar-refractivity contribution in [1.82, 2.24) is 0 Å². The minimum Gasteiger partial charge on any atom is -0.330 e. The molecule has 0 aromatic heterocycles. The van der Waals surface area contributed by atoms with Gasteiger partial charge in [0.05, 0.1) is 0 Å². The highest BCUT2D eigenvalue weighted by Gasteiger charge is 2.26. The molecule has 20 heavy (non-hydrogen) atoms. The standard InChI is InChI=1S/C18H28FN/c1-18(10-3-2-4-11-18)12-9-15-7-8-17(19)16(14-15)6-5-13-20/h7-8,14H,2-6,9-13,20H2,1H3. The molecular formula is C18H28FN. The monoisotopic (exact) mass is 277 g/mol. The predicted molar refractivity (Wildman–Crippen MR) is 83.3 cm³/mol. The zero-order valence-electron chi connectivity index (χ0n) is 12.8.